The number of hydrogen-bond acceptors (Lipinski definition) is 5. The molecule has 0 aliphatic rings. The Hall–Kier alpha value is -4.30. The summed E-state index contributed by atoms with van der Waals surface area (Å²) in [6.07, 6.45) is 1.19. The van der Waals surface area contributed by atoms with E-state index in [0.29, 0.717) is 22.4 Å². The van der Waals surface area contributed by atoms with Gasteiger partial charge >= 0.3 is 0 Å². The Balaban J connectivity index is 1.30. The Morgan fingerprint density at radius 1 is 0.971 bits per heavy atom. The molecule has 0 fully saturated rings. The van der Waals surface area contributed by atoms with Crippen LogP contribution in [-0.4, -0.2) is 26.1 Å². The van der Waals surface area contributed by atoms with Crippen molar-refractivity contribution in [3.8, 4) is 11.1 Å². The van der Waals surface area contributed by atoms with Gasteiger partial charge in [-0.05, 0) is 46.5 Å². The summed E-state index contributed by atoms with van der Waals surface area (Å²) in [4.78, 5) is 20.1. The first-order chi connectivity index (χ1) is 16.5. The molecule has 9 heteroatoms. The van der Waals surface area contributed by atoms with Crippen LogP contribution in [0, 0.1) is 5.82 Å². The van der Waals surface area contributed by atoms with Crippen LogP contribution in [-0.2, 0) is 11.2 Å². The number of carbonyl (C=O) groups excluding carboxylic acids is 1. The summed E-state index contributed by atoms with van der Waals surface area (Å²) >= 11 is 5.76. The summed E-state index contributed by atoms with van der Waals surface area (Å²) < 4.78 is 14.0. The lowest BCUT2D eigenvalue weighted by Crippen LogP contribution is -2.14. The minimum Gasteiger partial charge on any atom is -0.338 e. The molecule has 3 N–H and O–H groups in total. The molecule has 0 saturated heterocycles. The summed E-state index contributed by atoms with van der Waals surface area (Å²) in [6, 6.07) is 23.2. The third-order valence-corrected chi connectivity index (χ3v) is 5.41. The minimum absolute atomic E-state index is 0.0487. The highest BCUT2D eigenvalue weighted by Gasteiger charge is 2.12. The number of amides is 1. The van der Waals surface area contributed by atoms with Gasteiger partial charge in [-0.25, -0.2) is 9.37 Å². The number of nitrogens with zero attached hydrogens (tertiary/aromatic N) is 3. The number of carbonyl (C=O) groups is 1. The quantitative estimate of drug-likeness (QED) is 0.274. The number of aromatic amines is 1. The third-order valence-electron chi connectivity index (χ3n) is 5.22. The van der Waals surface area contributed by atoms with Crippen molar-refractivity contribution >= 4 is 45.7 Å². The molecule has 5 rings (SSSR count). The molecule has 0 radical (unpaired) electrons. The van der Waals surface area contributed by atoms with Crippen molar-refractivity contribution in [3.05, 3.63) is 95.7 Å². The number of rotatable bonds is 6. The van der Waals surface area contributed by atoms with Crippen molar-refractivity contribution in [2.45, 2.75) is 6.42 Å². The fourth-order valence-corrected chi connectivity index (χ4v) is 3.70. The molecule has 34 heavy (non-hydrogen) atoms. The van der Waals surface area contributed by atoms with Gasteiger partial charge < -0.3 is 10.6 Å². The van der Waals surface area contributed by atoms with E-state index < -0.39 is 5.82 Å². The maximum atomic E-state index is 14.0. The Kier molecular flexibility index (Phi) is 5.88. The number of benzene rings is 3. The fraction of sp³-hybridized carbons (Fsp3) is 0.0400. The molecule has 0 aliphatic heterocycles. The van der Waals surface area contributed by atoms with Crippen LogP contribution >= 0.6 is 11.6 Å². The van der Waals surface area contributed by atoms with Crippen molar-refractivity contribution in [1.82, 2.24) is 20.2 Å². The number of fused-ring (bicyclic) bond motifs is 1. The highest BCUT2D eigenvalue weighted by molar-refractivity contribution is 6.28. The molecule has 0 bridgehead atoms. The van der Waals surface area contributed by atoms with E-state index in [1.165, 1.54) is 0 Å². The molecule has 168 valence electrons. The van der Waals surface area contributed by atoms with Gasteiger partial charge in [0.05, 0.1) is 18.1 Å². The van der Waals surface area contributed by atoms with E-state index in [1.807, 2.05) is 54.6 Å². The molecule has 2 aromatic heterocycles. The monoisotopic (exact) mass is 472 g/mol. The van der Waals surface area contributed by atoms with Gasteiger partial charge in [0, 0.05) is 11.1 Å². The van der Waals surface area contributed by atoms with Gasteiger partial charge in [0.1, 0.15) is 0 Å². The largest absolute Gasteiger partial charge is 0.338 e. The van der Waals surface area contributed by atoms with Crippen LogP contribution < -0.4 is 10.6 Å². The Labute approximate surface area is 199 Å². The van der Waals surface area contributed by atoms with Gasteiger partial charge in [-0.1, -0.05) is 54.6 Å². The predicted octanol–water partition coefficient (Wildman–Crippen LogP) is 5.74. The molecule has 3 aromatic carbocycles. The van der Waals surface area contributed by atoms with Crippen molar-refractivity contribution in [3.63, 3.8) is 0 Å². The number of H-pyrrole nitrogens is 1. The topological polar surface area (TPSA) is 95.6 Å². The zero-order valence-electron chi connectivity index (χ0n) is 17.7. The van der Waals surface area contributed by atoms with E-state index in [4.69, 9.17) is 11.6 Å². The lowest BCUT2D eigenvalue weighted by molar-refractivity contribution is -0.115. The van der Waals surface area contributed by atoms with Gasteiger partial charge in [0.25, 0.3) is 0 Å². The molecule has 0 saturated carbocycles. The van der Waals surface area contributed by atoms with Crippen LogP contribution in [0.3, 0.4) is 0 Å². The van der Waals surface area contributed by atoms with E-state index in [9.17, 15) is 9.18 Å². The SMILES string of the molecule is O=C(Cc1ccc(-c2ccccc2)cc1)Nc1n[nH]c2ccc(Nc3nc(Cl)ncc3F)cc12. The van der Waals surface area contributed by atoms with Crippen molar-refractivity contribution < 1.29 is 9.18 Å². The van der Waals surface area contributed by atoms with Crippen LogP contribution in [0.2, 0.25) is 5.28 Å². The lowest BCUT2D eigenvalue weighted by Gasteiger charge is -2.08. The molecule has 5 aromatic rings. The summed E-state index contributed by atoms with van der Waals surface area (Å²) in [5.41, 5.74) is 4.36. The van der Waals surface area contributed by atoms with Crippen LogP contribution in [0.1, 0.15) is 5.56 Å². The third kappa shape index (κ3) is 4.72. The lowest BCUT2D eigenvalue weighted by atomic mass is 10.0. The van der Waals surface area contributed by atoms with Gasteiger partial charge in [-0.15, -0.1) is 0 Å². The number of nitrogens with one attached hydrogen (secondary N) is 3. The van der Waals surface area contributed by atoms with Crippen LogP contribution in [0.4, 0.5) is 21.7 Å². The van der Waals surface area contributed by atoms with E-state index >= 15 is 0 Å². The second kappa shape index (κ2) is 9.29. The van der Waals surface area contributed by atoms with Crippen LogP contribution in [0.15, 0.2) is 79.0 Å². The van der Waals surface area contributed by atoms with Gasteiger partial charge in [0.15, 0.2) is 17.5 Å². The summed E-state index contributed by atoms with van der Waals surface area (Å²) in [6.45, 7) is 0. The second-order valence-corrected chi connectivity index (χ2v) is 7.92. The van der Waals surface area contributed by atoms with Crippen molar-refractivity contribution in [2.75, 3.05) is 10.6 Å². The van der Waals surface area contributed by atoms with Gasteiger partial charge in [-0.3, -0.25) is 9.89 Å². The molecular formula is C25H18ClFN6O. The van der Waals surface area contributed by atoms with Gasteiger partial charge in [-0.2, -0.15) is 10.1 Å². The Morgan fingerprint density at radius 3 is 2.53 bits per heavy atom. The van der Waals surface area contributed by atoms with E-state index in [-0.39, 0.29) is 23.4 Å². The smallest absolute Gasteiger partial charge is 0.230 e. The zero-order chi connectivity index (χ0) is 23.5. The standard InChI is InChI=1S/C25H18ClFN6O/c26-25-28-14-20(27)24(31-25)29-18-10-11-21-19(13-18)23(33-32-21)30-22(34)12-15-6-8-17(9-7-15)16-4-2-1-3-5-16/h1-11,13-14H,12H2,(H,28,29,31)(H2,30,32,33,34). The first kappa shape index (κ1) is 21.5. The van der Waals surface area contributed by atoms with Crippen LogP contribution in [0.5, 0.6) is 0 Å². The highest BCUT2D eigenvalue weighted by Crippen LogP contribution is 2.27. The Bertz CT molecular complexity index is 1470. The molecule has 0 unspecified atom stereocenters. The summed E-state index contributed by atoms with van der Waals surface area (Å²) in [5, 5.41) is 13.4. The number of halogens is 2. The van der Waals surface area contributed by atoms with E-state index in [0.717, 1.165) is 22.9 Å². The predicted molar refractivity (Wildman–Crippen MR) is 131 cm³/mol. The number of aromatic nitrogens is 4. The molecule has 7 nitrogen and oxygen atoms in total. The molecule has 0 atom stereocenters. The zero-order valence-corrected chi connectivity index (χ0v) is 18.5. The number of anilines is 3. The van der Waals surface area contributed by atoms with Crippen molar-refractivity contribution in [1.29, 1.82) is 0 Å². The second-order valence-electron chi connectivity index (χ2n) is 7.58. The molecular weight excluding hydrogens is 455 g/mol. The molecule has 1 amide bonds. The summed E-state index contributed by atoms with van der Waals surface area (Å²) in [7, 11) is 0. The fourth-order valence-electron chi connectivity index (χ4n) is 3.56. The first-order valence-corrected chi connectivity index (χ1v) is 10.8. The molecule has 0 aliphatic carbocycles. The van der Waals surface area contributed by atoms with Crippen molar-refractivity contribution in [2.24, 2.45) is 0 Å². The molecule has 2 heterocycles. The molecule has 0 spiro atoms. The first-order valence-electron chi connectivity index (χ1n) is 10.4. The summed E-state index contributed by atoms with van der Waals surface area (Å²) in [5.74, 6) is -0.505. The van der Waals surface area contributed by atoms with E-state index in [2.05, 4.69) is 30.8 Å². The van der Waals surface area contributed by atoms with Crippen LogP contribution in [0.25, 0.3) is 22.0 Å². The maximum Gasteiger partial charge on any atom is 0.230 e. The number of hydrogen-bond donors (Lipinski definition) is 3. The van der Waals surface area contributed by atoms with Gasteiger partial charge in [0.2, 0.25) is 11.2 Å². The minimum atomic E-state index is -0.636. The highest BCUT2D eigenvalue weighted by atomic mass is 35.5. The average molecular weight is 473 g/mol. The van der Waals surface area contributed by atoms with E-state index in [1.54, 1.807) is 18.2 Å². The Morgan fingerprint density at radius 2 is 1.74 bits per heavy atom. The maximum absolute atomic E-state index is 14.0. The normalized spacial score (nSPS) is 10.9. The average Bonchev–Trinajstić information content (AvgIpc) is 3.24.